The van der Waals surface area contributed by atoms with Gasteiger partial charge >= 0.3 is 0 Å². The number of hydrogen-bond acceptors (Lipinski definition) is 5. The minimum atomic E-state index is -1.16. The molecule has 3 aromatic rings. The fraction of sp³-hybridized carbons (Fsp3) is 0.208. The van der Waals surface area contributed by atoms with Gasteiger partial charge in [0.05, 0.1) is 7.11 Å². The average molecular weight is 470 g/mol. The van der Waals surface area contributed by atoms with Crippen molar-refractivity contribution < 1.29 is 23.1 Å². The first-order valence-electron chi connectivity index (χ1n) is 10.3. The predicted molar refractivity (Wildman–Crippen MR) is 124 cm³/mol. The summed E-state index contributed by atoms with van der Waals surface area (Å²) < 4.78 is 33.7. The standard InChI is InChI=1S/C24H24F2N4O4/c1-29(19-3-5-20(34-2)6-4-19)24(33)21(11-15-9-16(25)12-17(26)10-15)28-22(31)14-30-8-7-18(27)13-23(30)32/h3-10,12-13,21H,11,14,27H2,1-2H3,(H,28,31)/t21-/m0/s1. The topological polar surface area (TPSA) is 107 Å². The number of hydrogen-bond donors (Lipinski definition) is 2. The highest BCUT2D eigenvalue weighted by molar-refractivity contribution is 5.99. The van der Waals surface area contributed by atoms with E-state index in [1.165, 1.54) is 37.4 Å². The molecule has 0 saturated heterocycles. The summed E-state index contributed by atoms with van der Waals surface area (Å²) in [6, 6.07) is 11.0. The molecule has 178 valence electrons. The molecule has 0 saturated carbocycles. The summed E-state index contributed by atoms with van der Waals surface area (Å²) in [5.74, 6) is -2.16. The maximum atomic E-state index is 13.7. The number of rotatable bonds is 8. The third kappa shape index (κ3) is 6.18. The van der Waals surface area contributed by atoms with Crippen LogP contribution < -0.4 is 26.2 Å². The van der Waals surface area contributed by atoms with Gasteiger partial charge in [0, 0.05) is 43.2 Å². The fourth-order valence-electron chi connectivity index (χ4n) is 3.38. The predicted octanol–water partition coefficient (Wildman–Crippen LogP) is 2.11. The summed E-state index contributed by atoms with van der Waals surface area (Å²) in [7, 11) is 3.03. The van der Waals surface area contributed by atoms with Crippen LogP contribution in [0.5, 0.6) is 5.75 Å². The Morgan fingerprint density at radius 2 is 1.74 bits per heavy atom. The molecular weight excluding hydrogens is 446 g/mol. The number of carbonyl (C=O) groups excluding carboxylic acids is 2. The molecule has 34 heavy (non-hydrogen) atoms. The summed E-state index contributed by atoms with van der Waals surface area (Å²) in [4.78, 5) is 39.3. The van der Waals surface area contributed by atoms with Crippen LogP contribution in [0.4, 0.5) is 20.2 Å². The average Bonchev–Trinajstić information content (AvgIpc) is 2.79. The molecule has 10 heteroatoms. The van der Waals surface area contributed by atoms with Crippen LogP contribution in [0.15, 0.2) is 65.6 Å². The Balaban J connectivity index is 1.84. The van der Waals surface area contributed by atoms with Crippen LogP contribution in [0, 0.1) is 11.6 Å². The number of nitrogen functional groups attached to an aromatic ring is 1. The highest BCUT2D eigenvalue weighted by Crippen LogP contribution is 2.20. The summed E-state index contributed by atoms with van der Waals surface area (Å²) in [6.07, 6.45) is 1.19. The van der Waals surface area contributed by atoms with Crippen molar-refractivity contribution in [3.8, 4) is 5.75 Å². The van der Waals surface area contributed by atoms with Gasteiger partial charge < -0.3 is 25.3 Å². The van der Waals surface area contributed by atoms with Crippen LogP contribution in [0.25, 0.3) is 0 Å². The van der Waals surface area contributed by atoms with E-state index in [4.69, 9.17) is 10.5 Å². The molecule has 1 aromatic heterocycles. The monoisotopic (exact) mass is 470 g/mol. The van der Waals surface area contributed by atoms with E-state index in [1.807, 2.05) is 0 Å². The molecule has 0 aliphatic rings. The second kappa shape index (κ2) is 10.6. The molecule has 2 amide bonds. The third-order valence-electron chi connectivity index (χ3n) is 5.12. The third-order valence-corrected chi connectivity index (χ3v) is 5.12. The Hall–Kier alpha value is -4.21. The number of likely N-dealkylation sites (N-methyl/N-ethyl adjacent to an activating group) is 1. The number of pyridine rings is 1. The first-order chi connectivity index (χ1) is 16.2. The van der Waals surface area contributed by atoms with E-state index in [0.717, 1.165) is 22.8 Å². The van der Waals surface area contributed by atoms with E-state index in [1.54, 1.807) is 24.3 Å². The van der Waals surface area contributed by atoms with Crippen molar-refractivity contribution in [2.24, 2.45) is 0 Å². The lowest BCUT2D eigenvalue weighted by atomic mass is 10.0. The number of amides is 2. The highest BCUT2D eigenvalue weighted by atomic mass is 19.1. The van der Waals surface area contributed by atoms with Crippen LogP contribution >= 0.6 is 0 Å². The van der Waals surface area contributed by atoms with Crippen molar-refractivity contribution in [3.63, 3.8) is 0 Å². The quantitative estimate of drug-likeness (QED) is 0.525. The minimum absolute atomic E-state index is 0.170. The molecule has 0 aliphatic carbocycles. The smallest absolute Gasteiger partial charge is 0.253 e. The van der Waals surface area contributed by atoms with Gasteiger partial charge in [-0.05, 0) is 48.0 Å². The number of nitrogens with zero attached hydrogens (tertiary/aromatic N) is 2. The van der Waals surface area contributed by atoms with Crippen LogP contribution in [-0.2, 0) is 22.6 Å². The number of ether oxygens (including phenoxy) is 1. The molecule has 1 heterocycles. The molecule has 0 radical (unpaired) electrons. The normalized spacial score (nSPS) is 11.5. The van der Waals surface area contributed by atoms with Crippen LogP contribution in [0.2, 0.25) is 0 Å². The summed E-state index contributed by atoms with van der Waals surface area (Å²) in [5.41, 5.74) is 6.03. The van der Waals surface area contributed by atoms with E-state index in [9.17, 15) is 23.2 Å². The van der Waals surface area contributed by atoms with Crippen LogP contribution in [0.3, 0.4) is 0 Å². The van der Waals surface area contributed by atoms with Crippen molar-refractivity contribution >= 4 is 23.2 Å². The SMILES string of the molecule is COc1ccc(N(C)C(=O)[C@H](Cc2cc(F)cc(F)c2)NC(=O)Cn2ccc(N)cc2=O)cc1. The van der Waals surface area contributed by atoms with Crippen LogP contribution in [-0.4, -0.2) is 36.6 Å². The molecule has 8 nitrogen and oxygen atoms in total. The van der Waals surface area contributed by atoms with Crippen molar-refractivity contribution in [2.45, 2.75) is 19.0 Å². The van der Waals surface area contributed by atoms with E-state index < -0.39 is 35.0 Å². The van der Waals surface area contributed by atoms with E-state index >= 15 is 0 Å². The molecule has 3 N–H and O–H groups in total. The number of methoxy groups -OCH3 is 1. The van der Waals surface area contributed by atoms with Gasteiger partial charge in [-0.25, -0.2) is 8.78 Å². The molecular formula is C24H24F2N4O4. The molecule has 0 bridgehead atoms. The summed E-state index contributed by atoms with van der Waals surface area (Å²) >= 11 is 0. The molecule has 1 atom stereocenters. The second-order valence-corrected chi connectivity index (χ2v) is 7.62. The minimum Gasteiger partial charge on any atom is -0.497 e. The molecule has 0 unspecified atom stereocenters. The zero-order valence-corrected chi connectivity index (χ0v) is 18.6. The Morgan fingerprint density at radius 1 is 1.09 bits per heavy atom. The Labute approximate surface area is 194 Å². The van der Waals surface area contributed by atoms with Gasteiger partial charge in [0.2, 0.25) is 11.8 Å². The van der Waals surface area contributed by atoms with Gasteiger partial charge in [-0.2, -0.15) is 0 Å². The van der Waals surface area contributed by atoms with Gasteiger partial charge in [-0.15, -0.1) is 0 Å². The zero-order valence-electron chi connectivity index (χ0n) is 18.6. The zero-order chi connectivity index (χ0) is 24.8. The first kappa shape index (κ1) is 24.4. The second-order valence-electron chi connectivity index (χ2n) is 7.62. The lowest BCUT2D eigenvalue weighted by Crippen LogP contribution is -2.50. The van der Waals surface area contributed by atoms with Crippen molar-refractivity contribution in [2.75, 3.05) is 24.8 Å². The van der Waals surface area contributed by atoms with Gasteiger partial charge in [-0.3, -0.25) is 14.4 Å². The molecule has 2 aromatic carbocycles. The number of aromatic nitrogens is 1. The lowest BCUT2D eigenvalue weighted by Gasteiger charge is -2.25. The number of carbonyl (C=O) groups is 2. The molecule has 0 spiro atoms. The first-order valence-corrected chi connectivity index (χ1v) is 10.3. The maximum absolute atomic E-state index is 13.7. The van der Waals surface area contributed by atoms with Gasteiger partial charge in [-0.1, -0.05) is 0 Å². The fourth-order valence-corrected chi connectivity index (χ4v) is 3.38. The highest BCUT2D eigenvalue weighted by Gasteiger charge is 2.26. The van der Waals surface area contributed by atoms with Crippen molar-refractivity contribution in [1.82, 2.24) is 9.88 Å². The van der Waals surface area contributed by atoms with Gasteiger partial charge in [0.1, 0.15) is 30.0 Å². The molecule has 0 fully saturated rings. The van der Waals surface area contributed by atoms with Crippen molar-refractivity contribution in [3.05, 3.63) is 88.3 Å². The van der Waals surface area contributed by atoms with Gasteiger partial charge in [0.25, 0.3) is 5.56 Å². The Kier molecular flexibility index (Phi) is 7.62. The number of nitrogens with two attached hydrogens (primary N) is 1. The summed E-state index contributed by atoms with van der Waals surface area (Å²) in [5, 5.41) is 2.58. The molecule has 3 rings (SSSR count). The van der Waals surface area contributed by atoms with E-state index in [2.05, 4.69) is 5.32 Å². The number of benzene rings is 2. The number of nitrogens with one attached hydrogen (secondary N) is 1. The van der Waals surface area contributed by atoms with Crippen molar-refractivity contribution in [1.29, 1.82) is 0 Å². The van der Waals surface area contributed by atoms with Gasteiger partial charge in [0.15, 0.2) is 0 Å². The lowest BCUT2D eigenvalue weighted by molar-refractivity contribution is -0.127. The number of anilines is 2. The number of halogens is 2. The Bertz CT molecular complexity index is 1220. The summed E-state index contributed by atoms with van der Waals surface area (Å²) in [6.45, 7) is -0.368. The maximum Gasteiger partial charge on any atom is 0.253 e. The Morgan fingerprint density at radius 3 is 2.32 bits per heavy atom. The van der Waals surface area contributed by atoms with E-state index in [0.29, 0.717) is 11.4 Å². The van der Waals surface area contributed by atoms with E-state index in [-0.39, 0.29) is 24.2 Å². The molecule has 0 aliphatic heterocycles. The van der Waals surface area contributed by atoms with Crippen LogP contribution in [0.1, 0.15) is 5.56 Å². The largest absolute Gasteiger partial charge is 0.497 e.